The Bertz CT molecular complexity index is 547. The lowest BCUT2D eigenvalue weighted by molar-refractivity contribution is 0.0956. The second kappa shape index (κ2) is 6.32. The Morgan fingerprint density at radius 1 is 1.28 bits per heavy atom. The predicted molar refractivity (Wildman–Crippen MR) is 66.8 cm³/mol. The third-order valence-electron chi connectivity index (χ3n) is 2.57. The molecule has 6 nitrogen and oxygen atoms in total. The number of hydrogen-bond donors (Lipinski definition) is 0. The lowest BCUT2D eigenvalue weighted by Gasteiger charge is -2.02. The molecule has 0 amide bonds. The zero-order valence-electron chi connectivity index (χ0n) is 10.4. The van der Waals surface area contributed by atoms with Gasteiger partial charge in [0.05, 0.1) is 13.2 Å². The van der Waals surface area contributed by atoms with Crippen molar-refractivity contribution in [1.82, 2.24) is 14.2 Å². The average molecular weight is 251 g/mol. The number of hydrogen-bond acceptors (Lipinski definition) is 4. The minimum absolute atomic E-state index is 0.133. The van der Waals surface area contributed by atoms with E-state index in [-0.39, 0.29) is 5.69 Å². The molecule has 98 valence electrons. The SMILES string of the molecule is COCCCOCCn1nc2ccccn2c1=O. The third kappa shape index (κ3) is 2.96. The van der Waals surface area contributed by atoms with Crippen LogP contribution in [0.4, 0.5) is 0 Å². The standard InChI is InChI=1S/C12H17N3O3/c1-17-8-4-9-18-10-7-15-12(16)14-6-3-2-5-11(14)13-15/h2-3,5-6H,4,7-10H2,1H3. The summed E-state index contributed by atoms with van der Waals surface area (Å²) in [7, 11) is 1.66. The molecule has 0 fully saturated rings. The van der Waals surface area contributed by atoms with Crippen LogP contribution >= 0.6 is 0 Å². The van der Waals surface area contributed by atoms with Crippen LogP contribution in [0, 0.1) is 0 Å². The minimum atomic E-state index is -0.133. The fraction of sp³-hybridized carbons (Fsp3) is 0.500. The Hall–Kier alpha value is -1.66. The van der Waals surface area contributed by atoms with E-state index >= 15 is 0 Å². The Balaban J connectivity index is 1.88. The van der Waals surface area contributed by atoms with Crippen molar-refractivity contribution in [2.75, 3.05) is 26.9 Å². The first kappa shape index (κ1) is 12.8. The average Bonchev–Trinajstić information content (AvgIpc) is 2.71. The van der Waals surface area contributed by atoms with Crippen LogP contribution in [0.1, 0.15) is 6.42 Å². The molecule has 0 unspecified atom stereocenters. The van der Waals surface area contributed by atoms with Gasteiger partial charge in [0.15, 0.2) is 5.65 Å². The number of aromatic nitrogens is 3. The highest BCUT2D eigenvalue weighted by atomic mass is 16.5. The van der Waals surface area contributed by atoms with E-state index in [9.17, 15) is 4.79 Å². The summed E-state index contributed by atoms with van der Waals surface area (Å²) in [6.07, 6.45) is 2.57. The van der Waals surface area contributed by atoms with Crippen molar-refractivity contribution >= 4 is 5.65 Å². The van der Waals surface area contributed by atoms with Crippen molar-refractivity contribution in [3.63, 3.8) is 0 Å². The highest BCUT2D eigenvalue weighted by Gasteiger charge is 2.04. The van der Waals surface area contributed by atoms with Gasteiger partial charge in [-0.25, -0.2) is 9.48 Å². The maximum atomic E-state index is 11.9. The van der Waals surface area contributed by atoms with Crippen LogP contribution in [0.15, 0.2) is 29.2 Å². The third-order valence-corrected chi connectivity index (χ3v) is 2.57. The molecule has 0 aliphatic heterocycles. The first-order chi connectivity index (χ1) is 8.83. The van der Waals surface area contributed by atoms with Gasteiger partial charge in [0.2, 0.25) is 0 Å². The number of ether oxygens (including phenoxy) is 2. The van der Waals surface area contributed by atoms with Crippen molar-refractivity contribution in [2.24, 2.45) is 0 Å². The summed E-state index contributed by atoms with van der Waals surface area (Å²) in [5, 5.41) is 4.21. The van der Waals surface area contributed by atoms with Gasteiger partial charge in [-0.15, -0.1) is 5.10 Å². The lowest BCUT2D eigenvalue weighted by atomic mass is 10.5. The van der Waals surface area contributed by atoms with Gasteiger partial charge < -0.3 is 9.47 Å². The maximum absolute atomic E-state index is 11.9. The number of fused-ring (bicyclic) bond motifs is 1. The van der Waals surface area contributed by atoms with Gasteiger partial charge in [0.1, 0.15) is 0 Å². The summed E-state index contributed by atoms with van der Waals surface area (Å²) >= 11 is 0. The van der Waals surface area contributed by atoms with E-state index < -0.39 is 0 Å². The number of nitrogens with zero attached hydrogens (tertiary/aromatic N) is 3. The smallest absolute Gasteiger partial charge is 0.350 e. The van der Waals surface area contributed by atoms with Gasteiger partial charge in [-0.3, -0.25) is 4.40 Å². The van der Waals surface area contributed by atoms with Crippen LogP contribution in [0.5, 0.6) is 0 Å². The largest absolute Gasteiger partial charge is 0.385 e. The molecular formula is C12H17N3O3. The first-order valence-electron chi connectivity index (χ1n) is 5.94. The maximum Gasteiger partial charge on any atom is 0.350 e. The number of pyridine rings is 1. The first-order valence-corrected chi connectivity index (χ1v) is 5.94. The second-order valence-electron chi connectivity index (χ2n) is 3.89. The normalized spacial score (nSPS) is 11.2. The molecule has 0 atom stereocenters. The summed E-state index contributed by atoms with van der Waals surface area (Å²) in [6.45, 7) is 2.27. The van der Waals surface area contributed by atoms with Crippen LogP contribution < -0.4 is 5.69 Å². The molecule has 0 aromatic carbocycles. The minimum Gasteiger partial charge on any atom is -0.385 e. The van der Waals surface area contributed by atoms with E-state index in [1.807, 2.05) is 12.1 Å². The molecule has 2 heterocycles. The lowest BCUT2D eigenvalue weighted by Crippen LogP contribution is -2.23. The van der Waals surface area contributed by atoms with E-state index in [2.05, 4.69) is 5.10 Å². The van der Waals surface area contributed by atoms with Gasteiger partial charge >= 0.3 is 5.69 Å². The Morgan fingerprint density at radius 2 is 2.17 bits per heavy atom. The zero-order valence-corrected chi connectivity index (χ0v) is 10.4. The molecule has 18 heavy (non-hydrogen) atoms. The summed E-state index contributed by atoms with van der Waals surface area (Å²) in [4.78, 5) is 11.9. The molecule has 0 aliphatic carbocycles. The molecule has 0 spiro atoms. The van der Waals surface area contributed by atoms with Crippen molar-refractivity contribution in [3.8, 4) is 0 Å². The van der Waals surface area contributed by atoms with E-state index in [0.717, 1.165) is 6.42 Å². The molecule has 0 bridgehead atoms. The predicted octanol–water partition coefficient (Wildman–Crippen LogP) is 0.549. The molecule has 2 rings (SSSR count). The van der Waals surface area contributed by atoms with Gasteiger partial charge in [-0.05, 0) is 18.6 Å². The van der Waals surface area contributed by atoms with Gasteiger partial charge in [0, 0.05) is 26.5 Å². The van der Waals surface area contributed by atoms with E-state index in [1.165, 1.54) is 9.08 Å². The van der Waals surface area contributed by atoms with Crippen LogP contribution in [-0.4, -0.2) is 41.1 Å². The van der Waals surface area contributed by atoms with Crippen molar-refractivity contribution in [2.45, 2.75) is 13.0 Å². The topological polar surface area (TPSA) is 57.8 Å². The summed E-state index contributed by atoms with van der Waals surface area (Å²) < 4.78 is 13.3. The van der Waals surface area contributed by atoms with Crippen molar-refractivity contribution < 1.29 is 9.47 Å². The van der Waals surface area contributed by atoms with E-state index in [1.54, 1.807) is 19.4 Å². The van der Waals surface area contributed by atoms with Gasteiger partial charge in [-0.1, -0.05) is 6.07 Å². The van der Waals surface area contributed by atoms with Crippen LogP contribution in [0.25, 0.3) is 5.65 Å². The fourth-order valence-electron chi connectivity index (χ4n) is 1.67. The zero-order chi connectivity index (χ0) is 12.8. The monoisotopic (exact) mass is 251 g/mol. The Morgan fingerprint density at radius 3 is 2.94 bits per heavy atom. The van der Waals surface area contributed by atoms with Crippen molar-refractivity contribution in [1.29, 1.82) is 0 Å². The molecule has 0 radical (unpaired) electrons. The van der Waals surface area contributed by atoms with Crippen LogP contribution in [-0.2, 0) is 16.0 Å². The van der Waals surface area contributed by atoms with Crippen LogP contribution in [0.3, 0.4) is 0 Å². The number of rotatable bonds is 7. The molecule has 6 heteroatoms. The van der Waals surface area contributed by atoms with E-state index in [0.29, 0.717) is 32.0 Å². The van der Waals surface area contributed by atoms with Gasteiger partial charge in [-0.2, -0.15) is 0 Å². The molecule has 0 aliphatic rings. The summed E-state index contributed by atoms with van der Waals surface area (Å²) in [5.41, 5.74) is 0.521. The van der Waals surface area contributed by atoms with E-state index in [4.69, 9.17) is 9.47 Å². The number of methoxy groups -OCH3 is 1. The quantitative estimate of drug-likeness (QED) is 0.674. The Kier molecular flexibility index (Phi) is 4.49. The fourth-order valence-corrected chi connectivity index (χ4v) is 1.67. The molecule has 2 aromatic rings. The molecule has 0 saturated carbocycles. The van der Waals surface area contributed by atoms with Crippen molar-refractivity contribution in [3.05, 3.63) is 34.9 Å². The highest BCUT2D eigenvalue weighted by molar-refractivity contribution is 5.35. The highest BCUT2D eigenvalue weighted by Crippen LogP contribution is 1.95. The molecule has 0 N–H and O–H groups in total. The Labute approximate surface area is 105 Å². The van der Waals surface area contributed by atoms with Crippen LogP contribution in [0.2, 0.25) is 0 Å². The molecule has 0 saturated heterocycles. The second-order valence-corrected chi connectivity index (χ2v) is 3.89. The summed E-state index contributed by atoms with van der Waals surface area (Å²) in [5.74, 6) is 0. The van der Waals surface area contributed by atoms with Gasteiger partial charge in [0.25, 0.3) is 0 Å². The molecular weight excluding hydrogens is 234 g/mol. The molecule has 2 aromatic heterocycles. The summed E-state index contributed by atoms with van der Waals surface area (Å²) in [6, 6.07) is 5.46.